The second-order valence-corrected chi connectivity index (χ2v) is 2.79. The molecule has 2 aromatic rings. The van der Waals surface area contributed by atoms with E-state index in [1.165, 1.54) is 0 Å². The summed E-state index contributed by atoms with van der Waals surface area (Å²) in [6.07, 6.45) is 0. The van der Waals surface area contributed by atoms with E-state index >= 15 is 0 Å². The van der Waals surface area contributed by atoms with Gasteiger partial charge in [0, 0.05) is 13.1 Å². The molecule has 74 valence electrons. The highest BCUT2D eigenvalue weighted by Crippen LogP contribution is 2.03. The van der Waals surface area contributed by atoms with Crippen molar-refractivity contribution in [1.29, 1.82) is 0 Å². The van der Waals surface area contributed by atoms with Crippen LogP contribution in [0.2, 0.25) is 0 Å². The fourth-order valence-corrected chi connectivity index (χ4v) is 1.10. The van der Waals surface area contributed by atoms with Gasteiger partial charge >= 0.3 is 0 Å². The molecule has 2 heterocycles. The van der Waals surface area contributed by atoms with Crippen molar-refractivity contribution in [2.75, 3.05) is 13.1 Å². The first-order valence-corrected chi connectivity index (χ1v) is 4.43. The van der Waals surface area contributed by atoms with E-state index in [0.29, 0.717) is 0 Å². The van der Waals surface area contributed by atoms with Gasteiger partial charge in [0.2, 0.25) is 0 Å². The van der Waals surface area contributed by atoms with E-state index in [2.05, 4.69) is 31.8 Å². The predicted octanol–water partition coefficient (Wildman–Crippen LogP) is -0.443. The second kappa shape index (κ2) is 4.66. The summed E-state index contributed by atoms with van der Waals surface area (Å²) in [6.45, 7) is 2.06. The SMILES string of the molecule is C1CNNN1.c1ccc2n[nH]nc2c1. The maximum Gasteiger partial charge on any atom is 0.112 e. The number of hydrogen-bond donors (Lipinski definition) is 4. The molecule has 0 aliphatic carbocycles. The first-order chi connectivity index (χ1) is 6.97. The van der Waals surface area contributed by atoms with Crippen molar-refractivity contribution < 1.29 is 0 Å². The minimum Gasteiger partial charge on any atom is -0.243 e. The third-order valence-electron chi connectivity index (χ3n) is 1.77. The van der Waals surface area contributed by atoms with Crippen molar-refractivity contribution in [3.05, 3.63) is 24.3 Å². The van der Waals surface area contributed by atoms with Crippen LogP contribution < -0.4 is 16.4 Å². The summed E-state index contributed by atoms with van der Waals surface area (Å²) in [6, 6.07) is 7.70. The Bertz CT molecular complexity index is 342. The molecule has 3 rings (SSSR count). The van der Waals surface area contributed by atoms with Gasteiger partial charge in [-0.15, -0.1) is 0 Å². The van der Waals surface area contributed by atoms with Crippen molar-refractivity contribution in [3.63, 3.8) is 0 Å². The lowest BCUT2D eigenvalue weighted by atomic mass is 10.3. The summed E-state index contributed by atoms with van der Waals surface area (Å²) in [5, 5.41) is 10.3. The van der Waals surface area contributed by atoms with Crippen LogP contribution in [0.1, 0.15) is 0 Å². The molecule has 6 nitrogen and oxygen atoms in total. The molecule has 1 aliphatic rings. The Kier molecular flexibility index (Phi) is 3.02. The van der Waals surface area contributed by atoms with Crippen LogP contribution in [0, 0.1) is 0 Å². The summed E-state index contributed by atoms with van der Waals surface area (Å²) in [7, 11) is 0. The van der Waals surface area contributed by atoms with E-state index in [9.17, 15) is 0 Å². The van der Waals surface area contributed by atoms with Crippen LogP contribution in [0.4, 0.5) is 0 Å². The molecule has 0 radical (unpaired) electrons. The number of H-pyrrole nitrogens is 1. The Morgan fingerprint density at radius 2 is 1.50 bits per heavy atom. The largest absolute Gasteiger partial charge is 0.243 e. The minimum atomic E-state index is 0.914. The molecule has 0 spiro atoms. The van der Waals surface area contributed by atoms with Crippen molar-refractivity contribution in [3.8, 4) is 0 Å². The lowest BCUT2D eigenvalue weighted by Gasteiger charge is -1.82. The predicted molar refractivity (Wildman–Crippen MR) is 53.0 cm³/mol. The summed E-state index contributed by atoms with van der Waals surface area (Å²) < 4.78 is 0. The Labute approximate surface area is 81.0 Å². The lowest BCUT2D eigenvalue weighted by molar-refractivity contribution is 0.592. The van der Waals surface area contributed by atoms with Gasteiger partial charge in [0.15, 0.2) is 0 Å². The van der Waals surface area contributed by atoms with Crippen LogP contribution in [0.3, 0.4) is 0 Å². The van der Waals surface area contributed by atoms with Gasteiger partial charge < -0.3 is 0 Å². The minimum absolute atomic E-state index is 0.914. The summed E-state index contributed by atoms with van der Waals surface area (Å²) in [5.41, 5.74) is 10.3. The van der Waals surface area contributed by atoms with Crippen molar-refractivity contribution in [1.82, 2.24) is 31.8 Å². The molecule has 1 aromatic heterocycles. The molecular formula is C8H12N6. The molecule has 0 atom stereocenters. The average molecular weight is 192 g/mol. The first-order valence-electron chi connectivity index (χ1n) is 4.43. The number of hydrazine groups is 2. The average Bonchev–Trinajstić information content (AvgIpc) is 2.92. The van der Waals surface area contributed by atoms with Gasteiger partial charge in [-0.1, -0.05) is 12.1 Å². The van der Waals surface area contributed by atoms with Crippen LogP contribution in [0.15, 0.2) is 24.3 Å². The maximum atomic E-state index is 3.88. The quantitative estimate of drug-likeness (QED) is 0.455. The van der Waals surface area contributed by atoms with E-state index in [1.54, 1.807) is 0 Å². The highest BCUT2D eigenvalue weighted by molar-refractivity contribution is 5.72. The Morgan fingerprint density at radius 3 is 1.93 bits per heavy atom. The summed E-state index contributed by atoms with van der Waals surface area (Å²) >= 11 is 0. The third-order valence-corrected chi connectivity index (χ3v) is 1.77. The van der Waals surface area contributed by atoms with E-state index in [0.717, 1.165) is 24.1 Å². The lowest BCUT2D eigenvalue weighted by Crippen LogP contribution is -2.29. The molecule has 0 unspecified atom stereocenters. The summed E-state index contributed by atoms with van der Waals surface area (Å²) in [4.78, 5) is 0. The van der Waals surface area contributed by atoms with Crippen LogP contribution in [0.5, 0.6) is 0 Å². The van der Waals surface area contributed by atoms with Crippen LogP contribution in [0.25, 0.3) is 11.0 Å². The zero-order chi connectivity index (χ0) is 9.64. The summed E-state index contributed by atoms with van der Waals surface area (Å²) in [5.74, 6) is 0. The Balaban J connectivity index is 0.000000128. The van der Waals surface area contributed by atoms with Crippen molar-refractivity contribution in [2.45, 2.75) is 0 Å². The van der Waals surface area contributed by atoms with Gasteiger partial charge in [-0.25, -0.2) is 10.9 Å². The van der Waals surface area contributed by atoms with Gasteiger partial charge in [0.05, 0.1) is 0 Å². The zero-order valence-corrected chi connectivity index (χ0v) is 7.62. The van der Waals surface area contributed by atoms with E-state index in [1.807, 2.05) is 24.3 Å². The van der Waals surface area contributed by atoms with Gasteiger partial charge in [-0.2, -0.15) is 20.9 Å². The van der Waals surface area contributed by atoms with E-state index < -0.39 is 0 Å². The number of nitrogens with one attached hydrogen (secondary N) is 4. The highest BCUT2D eigenvalue weighted by atomic mass is 15.6. The molecule has 6 heteroatoms. The van der Waals surface area contributed by atoms with Gasteiger partial charge in [0.1, 0.15) is 11.0 Å². The Morgan fingerprint density at radius 1 is 0.929 bits per heavy atom. The molecular weight excluding hydrogens is 180 g/mol. The third kappa shape index (κ3) is 2.25. The molecule has 4 N–H and O–H groups in total. The van der Waals surface area contributed by atoms with Crippen LogP contribution in [-0.4, -0.2) is 28.5 Å². The topological polar surface area (TPSA) is 77.7 Å². The van der Waals surface area contributed by atoms with Crippen molar-refractivity contribution in [2.24, 2.45) is 0 Å². The molecule has 1 saturated heterocycles. The van der Waals surface area contributed by atoms with Gasteiger partial charge in [0.25, 0.3) is 0 Å². The molecule has 0 bridgehead atoms. The van der Waals surface area contributed by atoms with E-state index in [4.69, 9.17) is 0 Å². The number of rotatable bonds is 0. The molecule has 14 heavy (non-hydrogen) atoms. The number of para-hydroxylation sites is 2. The number of aromatic amines is 1. The number of hydrogen-bond acceptors (Lipinski definition) is 5. The fraction of sp³-hybridized carbons (Fsp3) is 0.250. The maximum absolute atomic E-state index is 3.88. The van der Waals surface area contributed by atoms with Crippen molar-refractivity contribution >= 4 is 11.0 Å². The van der Waals surface area contributed by atoms with Gasteiger partial charge in [-0.05, 0) is 12.1 Å². The molecule has 1 aromatic carbocycles. The standard InChI is InChI=1S/C6H5N3.C2H7N3/c1-2-4-6-5(3-1)7-9-8-6;1-2-4-5-3-1/h1-4H,(H,7,8,9);3-5H,1-2H2. The molecule has 0 amide bonds. The fourth-order valence-electron chi connectivity index (χ4n) is 1.10. The smallest absolute Gasteiger partial charge is 0.112 e. The normalized spacial score (nSPS) is 15.1. The number of benzene rings is 1. The molecule has 1 fully saturated rings. The van der Waals surface area contributed by atoms with Crippen LogP contribution in [-0.2, 0) is 0 Å². The second-order valence-electron chi connectivity index (χ2n) is 2.79. The zero-order valence-electron chi connectivity index (χ0n) is 7.62. The monoisotopic (exact) mass is 192 g/mol. The number of fused-ring (bicyclic) bond motifs is 1. The highest BCUT2D eigenvalue weighted by Gasteiger charge is 1.90. The van der Waals surface area contributed by atoms with Gasteiger partial charge in [-0.3, -0.25) is 0 Å². The number of aromatic nitrogens is 3. The molecule has 0 saturated carbocycles. The van der Waals surface area contributed by atoms with Crippen LogP contribution >= 0.6 is 0 Å². The first kappa shape index (κ1) is 9.07. The van der Waals surface area contributed by atoms with E-state index in [-0.39, 0.29) is 0 Å². The molecule has 1 aliphatic heterocycles. The Hall–Kier alpha value is -1.50. The number of nitrogens with zero attached hydrogens (tertiary/aromatic N) is 2.